The van der Waals surface area contributed by atoms with Crippen molar-refractivity contribution in [1.82, 2.24) is 4.98 Å². The van der Waals surface area contributed by atoms with Crippen molar-refractivity contribution in [2.75, 3.05) is 9.62 Å². The fourth-order valence-electron chi connectivity index (χ4n) is 2.61. The number of carbonyl (C=O) groups excluding carboxylic acids is 1. The number of aromatic nitrogens is 1. The third-order valence-corrected chi connectivity index (χ3v) is 4.81. The van der Waals surface area contributed by atoms with Crippen LogP contribution in [0.4, 0.5) is 25.8 Å². The number of H-pyrrole nitrogens is 1. The van der Waals surface area contributed by atoms with Crippen LogP contribution >= 0.6 is 0 Å². The lowest BCUT2D eigenvalue weighted by Gasteiger charge is -2.20. The Morgan fingerprint density at radius 2 is 1.86 bits per heavy atom. The minimum atomic E-state index is -2.65. The highest BCUT2D eigenvalue weighted by Crippen LogP contribution is 2.36. The van der Waals surface area contributed by atoms with Gasteiger partial charge in [0.2, 0.25) is 5.91 Å². The molecule has 1 unspecified atom stereocenters. The third-order valence-electron chi connectivity index (χ3n) is 4.10. The number of amides is 1. The predicted molar refractivity (Wildman–Crippen MR) is 106 cm³/mol. The maximum atomic E-state index is 14.2. The van der Waals surface area contributed by atoms with Crippen molar-refractivity contribution in [3.8, 4) is 0 Å². The topological polar surface area (TPSA) is 85.4 Å². The second-order valence-electron chi connectivity index (χ2n) is 7.26. The van der Waals surface area contributed by atoms with E-state index in [0.717, 1.165) is 22.5 Å². The molecule has 28 heavy (non-hydrogen) atoms. The van der Waals surface area contributed by atoms with Crippen LogP contribution in [0.3, 0.4) is 0 Å². The van der Waals surface area contributed by atoms with Crippen molar-refractivity contribution < 1.29 is 22.3 Å². The SMILES string of the molecule is CC(C)(C)C(=O)Nc1ccc2c(N(c3cc(F)ccc3F)S(=O)O)c[nH]c2c1. The van der Waals surface area contributed by atoms with Gasteiger partial charge in [0.25, 0.3) is 11.3 Å². The number of benzene rings is 2. The molecule has 3 aromatic rings. The Morgan fingerprint density at radius 3 is 2.50 bits per heavy atom. The quantitative estimate of drug-likeness (QED) is 0.548. The smallest absolute Gasteiger partial charge is 0.266 e. The van der Waals surface area contributed by atoms with Crippen LogP contribution < -0.4 is 9.62 Å². The zero-order valence-electron chi connectivity index (χ0n) is 15.4. The van der Waals surface area contributed by atoms with Gasteiger partial charge in [0.1, 0.15) is 11.6 Å². The fraction of sp³-hybridized carbons (Fsp3) is 0.211. The number of hydrogen-bond donors (Lipinski definition) is 3. The third kappa shape index (κ3) is 3.90. The molecule has 0 spiro atoms. The Hall–Kier alpha value is -2.78. The first-order valence-corrected chi connectivity index (χ1v) is 9.43. The number of nitrogens with zero attached hydrogens (tertiary/aromatic N) is 1. The molecule has 0 bridgehead atoms. The summed E-state index contributed by atoms with van der Waals surface area (Å²) in [7, 11) is 0. The van der Waals surface area contributed by atoms with Crippen LogP contribution in [0.1, 0.15) is 20.8 Å². The molecule has 1 atom stereocenters. The Bertz CT molecular complexity index is 1080. The van der Waals surface area contributed by atoms with Crippen molar-refractivity contribution in [1.29, 1.82) is 0 Å². The fourth-order valence-corrected chi connectivity index (χ4v) is 3.24. The molecule has 0 aliphatic carbocycles. The number of carbonyl (C=O) groups is 1. The van der Waals surface area contributed by atoms with E-state index in [1.807, 2.05) is 0 Å². The number of fused-ring (bicyclic) bond motifs is 1. The van der Waals surface area contributed by atoms with E-state index in [4.69, 9.17) is 0 Å². The zero-order chi connectivity index (χ0) is 20.6. The lowest BCUT2D eigenvalue weighted by Crippen LogP contribution is -2.27. The minimum absolute atomic E-state index is 0.168. The van der Waals surface area contributed by atoms with Gasteiger partial charge in [-0.2, -0.15) is 0 Å². The number of hydrogen-bond acceptors (Lipinski definition) is 2. The molecule has 3 rings (SSSR count). The summed E-state index contributed by atoms with van der Waals surface area (Å²) in [5.41, 5.74) is 0.333. The molecule has 0 radical (unpaired) electrons. The molecule has 1 heterocycles. The van der Waals surface area contributed by atoms with Crippen LogP contribution in [0, 0.1) is 17.0 Å². The molecule has 9 heteroatoms. The first kappa shape index (κ1) is 20.0. The molecular formula is C19H19F2N3O3S. The van der Waals surface area contributed by atoms with Gasteiger partial charge in [0, 0.05) is 34.3 Å². The molecule has 1 aromatic heterocycles. The van der Waals surface area contributed by atoms with E-state index in [-0.39, 0.29) is 17.3 Å². The first-order chi connectivity index (χ1) is 13.1. The van der Waals surface area contributed by atoms with Crippen LogP contribution in [0.25, 0.3) is 10.9 Å². The summed E-state index contributed by atoms with van der Waals surface area (Å²) in [5.74, 6) is -1.75. The minimum Gasteiger partial charge on any atom is -0.359 e. The lowest BCUT2D eigenvalue weighted by atomic mass is 9.95. The second kappa shape index (κ2) is 7.33. The molecule has 2 aromatic carbocycles. The molecule has 0 aliphatic rings. The maximum absolute atomic E-state index is 14.2. The summed E-state index contributed by atoms with van der Waals surface area (Å²) >= 11 is -2.65. The van der Waals surface area contributed by atoms with E-state index in [2.05, 4.69) is 10.3 Å². The average molecular weight is 407 g/mol. The van der Waals surface area contributed by atoms with Gasteiger partial charge in [0.15, 0.2) is 0 Å². The highest BCUT2D eigenvalue weighted by molar-refractivity contribution is 7.81. The van der Waals surface area contributed by atoms with Gasteiger partial charge < -0.3 is 10.3 Å². The van der Waals surface area contributed by atoms with Gasteiger partial charge in [-0.25, -0.2) is 17.3 Å². The Morgan fingerprint density at radius 1 is 1.14 bits per heavy atom. The average Bonchev–Trinajstić information content (AvgIpc) is 3.00. The van der Waals surface area contributed by atoms with Gasteiger partial charge in [-0.15, -0.1) is 0 Å². The summed E-state index contributed by atoms with van der Waals surface area (Å²) in [6, 6.07) is 7.57. The highest BCUT2D eigenvalue weighted by Gasteiger charge is 2.24. The van der Waals surface area contributed by atoms with Crippen LogP contribution in [-0.4, -0.2) is 19.7 Å². The normalized spacial score (nSPS) is 12.8. The van der Waals surface area contributed by atoms with Crippen molar-refractivity contribution >= 4 is 45.1 Å². The van der Waals surface area contributed by atoms with Crippen LogP contribution in [0.5, 0.6) is 0 Å². The predicted octanol–water partition coefficient (Wildman–Crippen LogP) is 4.71. The largest absolute Gasteiger partial charge is 0.359 e. The van der Waals surface area contributed by atoms with E-state index in [1.54, 1.807) is 39.0 Å². The number of rotatable bonds is 4. The number of nitrogens with one attached hydrogen (secondary N) is 2. The Kier molecular flexibility index (Phi) is 5.22. The standard InChI is InChI=1S/C19H19F2N3O3S/c1-19(2,3)18(25)23-12-5-6-13-15(9-12)22-10-17(13)24(28(26)27)16-8-11(20)4-7-14(16)21/h4-10,22H,1-3H3,(H,23,25)(H,26,27). The van der Waals surface area contributed by atoms with E-state index in [9.17, 15) is 22.3 Å². The van der Waals surface area contributed by atoms with E-state index in [1.165, 1.54) is 6.20 Å². The van der Waals surface area contributed by atoms with E-state index >= 15 is 0 Å². The molecule has 0 saturated heterocycles. The van der Waals surface area contributed by atoms with E-state index < -0.39 is 28.3 Å². The van der Waals surface area contributed by atoms with Crippen molar-refractivity contribution in [2.24, 2.45) is 5.41 Å². The Balaban J connectivity index is 2.04. The summed E-state index contributed by atoms with van der Waals surface area (Å²) in [6.45, 7) is 5.36. The monoisotopic (exact) mass is 407 g/mol. The van der Waals surface area contributed by atoms with Gasteiger partial charge >= 0.3 is 0 Å². The number of halogens is 2. The number of aromatic amines is 1. The van der Waals surface area contributed by atoms with Gasteiger partial charge in [-0.1, -0.05) is 20.8 Å². The molecule has 0 aliphatic heterocycles. The van der Waals surface area contributed by atoms with Crippen LogP contribution in [0.2, 0.25) is 0 Å². The molecule has 1 amide bonds. The molecular weight excluding hydrogens is 388 g/mol. The van der Waals surface area contributed by atoms with Gasteiger partial charge in [-0.3, -0.25) is 9.35 Å². The van der Waals surface area contributed by atoms with Crippen LogP contribution in [0.15, 0.2) is 42.6 Å². The summed E-state index contributed by atoms with van der Waals surface area (Å²) in [6.07, 6.45) is 1.42. The van der Waals surface area contributed by atoms with Crippen LogP contribution in [-0.2, 0) is 16.1 Å². The summed E-state index contributed by atoms with van der Waals surface area (Å²) in [5, 5.41) is 3.29. The molecule has 148 valence electrons. The second-order valence-corrected chi connectivity index (χ2v) is 8.09. The highest BCUT2D eigenvalue weighted by atomic mass is 32.2. The van der Waals surface area contributed by atoms with Crippen molar-refractivity contribution in [3.63, 3.8) is 0 Å². The first-order valence-electron chi connectivity index (χ1n) is 8.36. The van der Waals surface area contributed by atoms with Crippen molar-refractivity contribution in [3.05, 3.63) is 54.2 Å². The molecule has 0 saturated carbocycles. The Labute approximate surface area is 163 Å². The number of anilines is 3. The van der Waals surface area contributed by atoms with Crippen molar-refractivity contribution in [2.45, 2.75) is 20.8 Å². The maximum Gasteiger partial charge on any atom is 0.266 e. The summed E-state index contributed by atoms with van der Waals surface area (Å²) in [4.78, 5) is 15.1. The van der Waals surface area contributed by atoms with Gasteiger partial charge in [0.05, 0.1) is 11.4 Å². The molecule has 6 nitrogen and oxygen atoms in total. The zero-order valence-corrected chi connectivity index (χ0v) is 16.2. The molecule has 3 N–H and O–H groups in total. The lowest BCUT2D eigenvalue weighted by molar-refractivity contribution is -0.123. The van der Waals surface area contributed by atoms with Gasteiger partial charge in [-0.05, 0) is 30.3 Å². The summed E-state index contributed by atoms with van der Waals surface area (Å²) < 4.78 is 50.2. The van der Waals surface area contributed by atoms with E-state index in [0.29, 0.717) is 16.6 Å². The molecule has 0 fully saturated rings.